The van der Waals surface area contributed by atoms with Crippen LogP contribution in [-0.2, 0) is 11.2 Å². The monoisotopic (exact) mass is 277 g/mol. The average molecular weight is 277 g/mol. The van der Waals surface area contributed by atoms with Gasteiger partial charge in [-0.05, 0) is 49.4 Å². The third kappa shape index (κ3) is 5.51. The third-order valence-corrected chi connectivity index (χ3v) is 3.71. The highest BCUT2D eigenvalue weighted by Gasteiger charge is 2.14. The summed E-state index contributed by atoms with van der Waals surface area (Å²) in [6.07, 6.45) is 4.55. The Morgan fingerprint density at radius 1 is 1.40 bits per heavy atom. The molecule has 1 heterocycles. The van der Waals surface area contributed by atoms with E-state index >= 15 is 0 Å². The van der Waals surface area contributed by atoms with Gasteiger partial charge in [-0.15, -0.1) is 0 Å². The summed E-state index contributed by atoms with van der Waals surface area (Å²) in [4.78, 5) is 0. The highest BCUT2D eigenvalue weighted by Crippen LogP contribution is 2.14. The smallest absolute Gasteiger partial charge is 0.119 e. The molecule has 1 atom stereocenters. The molecule has 1 N–H and O–H groups in total. The van der Waals surface area contributed by atoms with Crippen molar-refractivity contribution in [3.63, 3.8) is 0 Å². The Morgan fingerprint density at radius 3 is 3.15 bits per heavy atom. The molecule has 1 aliphatic rings. The fourth-order valence-corrected chi connectivity index (χ4v) is 2.41. The molecular formula is C17H27NO2. The molecule has 1 aliphatic heterocycles. The van der Waals surface area contributed by atoms with Crippen LogP contribution in [0.15, 0.2) is 24.3 Å². The summed E-state index contributed by atoms with van der Waals surface area (Å²) < 4.78 is 11.1. The van der Waals surface area contributed by atoms with Gasteiger partial charge in [-0.3, -0.25) is 0 Å². The second-order valence-corrected chi connectivity index (χ2v) is 5.53. The van der Waals surface area contributed by atoms with E-state index < -0.39 is 0 Å². The van der Waals surface area contributed by atoms with Crippen LogP contribution in [0.1, 0.15) is 31.7 Å². The van der Waals surface area contributed by atoms with Crippen LogP contribution >= 0.6 is 0 Å². The molecule has 0 spiro atoms. The number of hydrogen-bond donors (Lipinski definition) is 1. The number of nitrogens with one attached hydrogen (secondary N) is 1. The van der Waals surface area contributed by atoms with Crippen molar-refractivity contribution in [2.24, 2.45) is 5.92 Å². The molecule has 0 saturated carbocycles. The Kier molecular flexibility index (Phi) is 6.89. The van der Waals surface area contributed by atoms with Gasteiger partial charge in [0.15, 0.2) is 0 Å². The van der Waals surface area contributed by atoms with Gasteiger partial charge in [0.1, 0.15) is 5.75 Å². The maximum atomic E-state index is 5.74. The van der Waals surface area contributed by atoms with E-state index in [0.29, 0.717) is 5.92 Å². The van der Waals surface area contributed by atoms with Gasteiger partial charge in [0, 0.05) is 13.2 Å². The second-order valence-electron chi connectivity index (χ2n) is 5.53. The Hall–Kier alpha value is -1.06. The molecule has 20 heavy (non-hydrogen) atoms. The molecule has 3 heteroatoms. The van der Waals surface area contributed by atoms with E-state index in [-0.39, 0.29) is 0 Å². The van der Waals surface area contributed by atoms with Crippen molar-refractivity contribution in [3.8, 4) is 5.75 Å². The molecular weight excluding hydrogens is 250 g/mol. The van der Waals surface area contributed by atoms with Gasteiger partial charge in [-0.2, -0.15) is 0 Å². The van der Waals surface area contributed by atoms with Gasteiger partial charge < -0.3 is 14.8 Å². The predicted molar refractivity (Wildman–Crippen MR) is 82.3 cm³/mol. The van der Waals surface area contributed by atoms with Gasteiger partial charge in [0.25, 0.3) is 0 Å². The highest BCUT2D eigenvalue weighted by atomic mass is 16.5. The first kappa shape index (κ1) is 15.3. The zero-order valence-corrected chi connectivity index (χ0v) is 12.6. The van der Waals surface area contributed by atoms with Crippen molar-refractivity contribution in [1.29, 1.82) is 0 Å². The first-order valence-electron chi connectivity index (χ1n) is 7.88. The molecule has 1 aromatic rings. The largest absolute Gasteiger partial charge is 0.494 e. The van der Waals surface area contributed by atoms with Crippen molar-refractivity contribution in [2.75, 3.05) is 32.9 Å². The van der Waals surface area contributed by atoms with Crippen LogP contribution in [0, 0.1) is 5.92 Å². The molecule has 0 aliphatic carbocycles. The molecule has 1 unspecified atom stereocenters. The summed E-state index contributed by atoms with van der Waals surface area (Å²) in [6, 6.07) is 8.47. The van der Waals surface area contributed by atoms with Gasteiger partial charge in [-0.1, -0.05) is 25.5 Å². The van der Waals surface area contributed by atoms with Crippen molar-refractivity contribution in [2.45, 2.75) is 32.6 Å². The maximum Gasteiger partial charge on any atom is 0.119 e. The van der Waals surface area contributed by atoms with Crippen LogP contribution in [0.4, 0.5) is 0 Å². The van der Waals surface area contributed by atoms with Crippen LogP contribution in [0.3, 0.4) is 0 Å². The summed E-state index contributed by atoms with van der Waals surface area (Å²) in [5.74, 6) is 1.71. The van der Waals surface area contributed by atoms with Crippen LogP contribution in [0.2, 0.25) is 0 Å². The van der Waals surface area contributed by atoms with Crippen molar-refractivity contribution < 1.29 is 9.47 Å². The van der Waals surface area contributed by atoms with E-state index in [4.69, 9.17) is 9.47 Å². The molecule has 0 bridgehead atoms. The normalized spacial score (nSPS) is 18.4. The Labute approximate surface area is 122 Å². The van der Waals surface area contributed by atoms with E-state index in [1.54, 1.807) is 0 Å². The Bertz CT molecular complexity index is 375. The van der Waals surface area contributed by atoms with E-state index in [2.05, 4.69) is 30.4 Å². The minimum Gasteiger partial charge on any atom is -0.494 e. The summed E-state index contributed by atoms with van der Waals surface area (Å²) >= 11 is 0. The maximum absolute atomic E-state index is 5.74. The van der Waals surface area contributed by atoms with Crippen LogP contribution < -0.4 is 10.1 Å². The minimum absolute atomic E-state index is 0.707. The fraction of sp³-hybridized carbons (Fsp3) is 0.647. The molecule has 3 nitrogen and oxygen atoms in total. The lowest BCUT2D eigenvalue weighted by molar-refractivity contribution is 0.185. The quantitative estimate of drug-likeness (QED) is 0.704. The molecule has 112 valence electrons. The number of unbranched alkanes of at least 4 members (excludes halogenated alkanes) is 1. The topological polar surface area (TPSA) is 30.5 Å². The lowest BCUT2D eigenvalue weighted by Gasteiger charge is -2.10. The lowest BCUT2D eigenvalue weighted by atomic mass is 10.1. The minimum atomic E-state index is 0.707. The molecule has 2 rings (SSSR count). The number of benzene rings is 1. The summed E-state index contributed by atoms with van der Waals surface area (Å²) in [5, 5.41) is 3.53. The zero-order chi connectivity index (χ0) is 14.0. The number of hydrogen-bond acceptors (Lipinski definition) is 3. The molecule has 0 amide bonds. The molecule has 0 aromatic heterocycles. The third-order valence-electron chi connectivity index (χ3n) is 3.71. The lowest BCUT2D eigenvalue weighted by Crippen LogP contribution is -2.25. The van der Waals surface area contributed by atoms with E-state index in [9.17, 15) is 0 Å². The van der Waals surface area contributed by atoms with E-state index in [1.807, 2.05) is 6.07 Å². The fourth-order valence-electron chi connectivity index (χ4n) is 2.41. The highest BCUT2D eigenvalue weighted by molar-refractivity contribution is 5.28. The second kappa shape index (κ2) is 8.98. The van der Waals surface area contributed by atoms with E-state index in [0.717, 1.165) is 51.5 Å². The van der Waals surface area contributed by atoms with Gasteiger partial charge in [0.2, 0.25) is 0 Å². The summed E-state index contributed by atoms with van der Waals surface area (Å²) in [6.45, 7) is 6.96. The zero-order valence-electron chi connectivity index (χ0n) is 12.6. The molecule has 0 radical (unpaired) electrons. The number of rotatable bonds is 9. The SMILES string of the molecule is CCCCOc1cccc(CCNCC2CCOC2)c1. The van der Waals surface area contributed by atoms with Gasteiger partial charge in [-0.25, -0.2) is 0 Å². The standard InChI is InChI=1S/C17H27NO2/c1-2-3-10-20-17-6-4-5-15(12-17)7-9-18-13-16-8-11-19-14-16/h4-6,12,16,18H,2-3,7-11,13-14H2,1H3. The molecule has 1 saturated heterocycles. The predicted octanol–water partition coefficient (Wildman–Crippen LogP) is 3.03. The summed E-state index contributed by atoms with van der Waals surface area (Å²) in [7, 11) is 0. The van der Waals surface area contributed by atoms with Crippen LogP contribution in [0.5, 0.6) is 5.75 Å². The van der Waals surface area contributed by atoms with Crippen LogP contribution in [-0.4, -0.2) is 32.9 Å². The van der Waals surface area contributed by atoms with E-state index in [1.165, 1.54) is 18.4 Å². The average Bonchev–Trinajstić information content (AvgIpc) is 2.98. The molecule has 1 fully saturated rings. The Morgan fingerprint density at radius 2 is 2.35 bits per heavy atom. The van der Waals surface area contributed by atoms with Crippen molar-refractivity contribution in [1.82, 2.24) is 5.32 Å². The first-order valence-corrected chi connectivity index (χ1v) is 7.88. The summed E-state index contributed by atoms with van der Waals surface area (Å²) in [5.41, 5.74) is 1.34. The van der Waals surface area contributed by atoms with Crippen molar-refractivity contribution in [3.05, 3.63) is 29.8 Å². The van der Waals surface area contributed by atoms with Gasteiger partial charge >= 0.3 is 0 Å². The van der Waals surface area contributed by atoms with Gasteiger partial charge in [0.05, 0.1) is 13.2 Å². The van der Waals surface area contributed by atoms with Crippen LogP contribution in [0.25, 0.3) is 0 Å². The first-order chi connectivity index (χ1) is 9.88. The Balaban J connectivity index is 1.65. The number of ether oxygens (including phenoxy) is 2. The molecule has 1 aromatic carbocycles. The van der Waals surface area contributed by atoms with Crippen molar-refractivity contribution >= 4 is 0 Å².